The first-order valence-corrected chi connectivity index (χ1v) is 7.14. The van der Waals surface area contributed by atoms with E-state index in [1.807, 2.05) is 12.1 Å². The Morgan fingerprint density at radius 1 is 1.05 bits per heavy atom. The molecule has 0 saturated carbocycles. The van der Waals surface area contributed by atoms with Crippen LogP contribution in [0.4, 0.5) is 0 Å². The largest absolute Gasteiger partial charge is 0.493 e. The van der Waals surface area contributed by atoms with Crippen molar-refractivity contribution in [1.82, 2.24) is 4.57 Å². The molecule has 0 spiro atoms. The molecule has 0 saturated heterocycles. The third-order valence-electron chi connectivity index (χ3n) is 3.14. The molecule has 0 radical (unpaired) electrons. The maximum absolute atomic E-state index is 5.78. The predicted molar refractivity (Wildman–Crippen MR) is 80.4 cm³/mol. The summed E-state index contributed by atoms with van der Waals surface area (Å²) in [6.07, 6.45) is 3.10. The van der Waals surface area contributed by atoms with Crippen LogP contribution in [0.15, 0.2) is 30.5 Å². The first kappa shape index (κ1) is 14.9. The highest BCUT2D eigenvalue weighted by atomic mass is 16.5. The Hall–Kier alpha value is -1.52. The van der Waals surface area contributed by atoms with Gasteiger partial charge in [-0.1, -0.05) is 13.0 Å². The summed E-state index contributed by atoms with van der Waals surface area (Å²) in [6.45, 7) is 5.67. The lowest BCUT2D eigenvalue weighted by molar-refractivity contribution is 0.0670. The molecule has 4 heteroatoms. The smallest absolute Gasteiger partial charge is 0.128 e. The van der Waals surface area contributed by atoms with Crippen molar-refractivity contribution in [2.24, 2.45) is 0 Å². The molecule has 2 rings (SSSR count). The number of ether oxygens (including phenoxy) is 3. The van der Waals surface area contributed by atoms with Crippen molar-refractivity contribution < 1.29 is 14.2 Å². The number of rotatable bonds is 9. The van der Waals surface area contributed by atoms with Gasteiger partial charge in [-0.15, -0.1) is 0 Å². The Kier molecular flexibility index (Phi) is 5.89. The zero-order valence-electron chi connectivity index (χ0n) is 12.3. The maximum atomic E-state index is 5.78. The summed E-state index contributed by atoms with van der Waals surface area (Å²) in [5.41, 5.74) is 1.19. The van der Waals surface area contributed by atoms with Crippen LogP contribution >= 0.6 is 0 Å². The number of methoxy groups -OCH3 is 1. The lowest BCUT2D eigenvalue weighted by Crippen LogP contribution is -2.08. The highest BCUT2D eigenvalue weighted by molar-refractivity contribution is 5.86. The molecule has 20 heavy (non-hydrogen) atoms. The van der Waals surface area contributed by atoms with Crippen molar-refractivity contribution in [2.45, 2.75) is 19.9 Å². The third-order valence-corrected chi connectivity index (χ3v) is 3.14. The molecular weight excluding hydrogens is 254 g/mol. The van der Waals surface area contributed by atoms with E-state index in [1.54, 1.807) is 7.11 Å². The topological polar surface area (TPSA) is 32.6 Å². The van der Waals surface area contributed by atoms with Crippen molar-refractivity contribution in [3.8, 4) is 5.75 Å². The highest BCUT2D eigenvalue weighted by Gasteiger charge is 2.06. The molecule has 0 aliphatic carbocycles. The van der Waals surface area contributed by atoms with Gasteiger partial charge in [-0.05, 0) is 24.6 Å². The predicted octanol–water partition coefficient (Wildman–Crippen LogP) is 3.09. The third kappa shape index (κ3) is 3.74. The van der Waals surface area contributed by atoms with Gasteiger partial charge in [-0.25, -0.2) is 0 Å². The number of hydrogen-bond acceptors (Lipinski definition) is 3. The lowest BCUT2D eigenvalue weighted by atomic mass is 10.2. The van der Waals surface area contributed by atoms with Gasteiger partial charge in [-0.2, -0.15) is 0 Å². The van der Waals surface area contributed by atoms with E-state index in [4.69, 9.17) is 14.2 Å². The van der Waals surface area contributed by atoms with E-state index in [-0.39, 0.29) is 0 Å². The zero-order chi connectivity index (χ0) is 14.2. The van der Waals surface area contributed by atoms with Crippen LogP contribution in [0, 0.1) is 0 Å². The molecule has 0 aliphatic heterocycles. The lowest BCUT2D eigenvalue weighted by Gasteiger charge is -2.09. The van der Waals surface area contributed by atoms with Gasteiger partial charge in [0.25, 0.3) is 0 Å². The summed E-state index contributed by atoms with van der Waals surface area (Å²) in [5.74, 6) is 0.961. The van der Waals surface area contributed by atoms with Gasteiger partial charge in [0, 0.05) is 25.2 Å². The summed E-state index contributed by atoms with van der Waals surface area (Å²) < 4.78 is 18.4. The molecular formula is C16H23NO3. The number of hydrogen-bond donors (Lipinski definition) is 0. The van der Waals surface area contributed by atoms with Gasteiger partial charge < -0.3 is 18.8 Å². The average molecular weight is 277 g/mol. The molecule has 0 unspecified atom stereocenters. The molecule has 0 fully saturated rings. The van der Waals surface area contributed by atoms with E-state index < -0.39 is 0 Å². The molecule has 1 heterocycles. The summed E-state index contributed by atoms with van der Waals surface area (Å²) in [5, 5.41) is 1.16. The highest BCUT2D eigenvalue weighted by Crippen LogP contribution is 2.26. The Balaban J connectivity index is 2.00. The molecule has 2 aromatic rings. The molecule has 0 aliphatic rings. The minimum Gasteiger partial charge on any atom is -0.493 e. The van der Waals surface area contributed by atoms with E-state index >= 15 is 0 Å². The van der Waals surface area contributed by atoms with Gasteiger partial charge in [0.2, 0.25) is 0 Å². The Labute approximate surface area is 120 Å². The van der Waals surface area contributed by atoms with Gasteiger partial charge in [0.15, 0.2) is 0 Å². The molecule has 1 aromatic heterocycles. The summed E-state index contributed by atoms with van der Waals surface area (Å²) in [6, 6.07) is 8.28. The van der Waals surface area contributed by atoms with Gasteiger partial charge in [0.1, 0.15) is 5.75 Å². The Morgan fingerprint density at radius 3 is 2.75 bits per heavy atom. The van der Waals surface area contributed by atoms with Crippen molar-refractivity contribution >= 4 is 10.9 Å². The van der Waals surface area contributed by atoms with Gasteiger partial charge in [0.05, 0.1) is 31.9 Å². The second kappa shape index (κ2) is 7.92. The SMILES string of the molecule is CCCOc1cccc2c1ccn2CCOCCOC. The van der Waals surface area contributed by atoms with Crippen LogP contribution in [0.2, 0.25) is 0 Å². The van der Waals surface area contributed by atoms with Crippen LogP contribution in [-0.2, 0) is 16.0 Å². The second-order valence-corrected chi connectivity index (χ2v) is 4.65. The molecule has 0 atom stereocenters. The second-order valence-electron chi connectivity index (χ2n) is 4.65. The first-order chi connectivity index (χ1) is 9.86. The normalized spacial score (nSPS) is 11.1. The summed E-state index contributed by atoms with van der Waals surface area (Å²) >= 11 is 0. The van der Waals surface area contributed by atoms with Crippen molar-refractivity contribution in [3.63, 3.8) is 0 Å². The number of benzene rings is 1. The number of fused-ring (bicyclic) bond motifs is 1. The molecule has 110 valence electrons. The van der Waals surface area contributed by atoms with Crippen LogP contribution in [0.5, 0.6) is 5.75 Å². The van der Waals surface area contributed by atoms with Crippen LogP contribution in [-0.4, -0.2) is 38.1 Å². The van der Waals surface area contributed by atoms with Crippen molar-refractivity contribution in [1.29, 1.82) is 0 Å². The number of nitrogens with zero attached hydrogens (tertiary/aromatic N) is 1. The van der Waals surface area contributed by atoms with E-state index in [1.165, 1.54) is 5.52 Å². The quantitative estimate of drug-likeness (QED) is 0.660. The zero-order valence-corrected chi connectivity index (χ0v) is 12.3. The van der Waals surface area contributed by atoms with Gasteiger partial charge in [-0.3, -0.25) is 0 Å². The minimum atomic E-state index is 0.639. The Bertz CT molecular complexity index is 521. The molecule has 0 amide bonds. The fourth-order valence-corrected chi connectivity index (χ4v) is 2.14. The monoisotopic (exact) mass is 277 g/mol. The average Bonchev–Trinajstić information content (AvgIpc) is 2.89. The van der Waals surface area contributed by atoms with Crippen molar-refractivity contribution in [2.75, 3.05) is 33.5 Å². The minimum absolute atomic E-state index is 0.639. The summed E-state index contributed by atoms with van der Waals surface area (Å²) in [4.78, 5) is 0. The maximum Gasteiger partial charge on any atom is 0.128 e. The summed E-state index contributed by atoms with van der Waals surface area (Å²) in [7, 11) is 1.68. The van der Waals surface area contributed by atoms with E-state index in [0.29, 0.717) is 19.8 Å². The molecule has 0 N–H and O–H groups in total. The van der Waals surface area contributed by atoms with Crippen molar-refractivity contribution in [3.05, 3.63) is 30.5 Å². The van der Waals surface area contributed by atoms with Crippen LogP contribution in [0.1, 0.15) is 13.3 Å². The number of aromatic nitrogens is 1. The fourth-order valence-electron chi connectivity index (χ4n) is 2.14. The van der Waals surface area contributed by atoms with E-state index in [9.17, 15) is 0 Å². The van der Waals surface area contributed by atoms with Crippen LogP contribution in [0.25, 0.3) is 10.9 Å². The first-order valence-electron chi connectivity index (χ1n) is 7.14. The van der Waals surface area contributed by atoms with E-state index in [2.05, 4.69) is 29.8 Å². The van der Waals surface area contributed by atoms with Crippen LogP contribution in [0.3, 0.4) is 0 Å². The van der Waals surface area contributed by atoms with Gasteiger partial charge >= 0.3 is 0 Å². The molecule has 0 bridgehead atoms. The molecule has 4 nitrogen and oxygen atoms in total. The fraction of sp³-hybridized carbons (Fsp3) is 0.500. The van der Waals surface area contributed by atoms with E-state index in [0.717, 1.165) is 30.7 Å². The van der Waals surface area contributed by atoms with Crippen LogP contribution < -0.4 is 4.74 Å². The molecule has 1 aromatic carbocycles. The standard InChI is InChI=1S/C16H23NO3/c1-3-10-20-16-6-4-5-15-14(16)7-8-17(15)9-11-19-13-12-18-2/h4-8H,3,9-13H2,1-2H3. The Morgan fingerprint density at radius 2 is 1.95 bits per heavy atom.